The molecule has 2 N–H and O–H groups in total. The number of amides is 1. The molecule has 3 fully saturated rings. The second kappa shape index (κ2) is 7.09. The van der Waals surface area contributed by atoms with Gasteiger partial charge in [0.15, 0.2) is 0 Å². The van der Waals surface area contributed by atoms with E-state index in [4.69, 9.17) is 4.98 Å². The lowest BCUT2D eigenvalue weighted by atomic mass is 9.75. The van der Waals surface area contributed by atoms with Gasteiger partial charge in [-0.1, -0.05) is 20.8 Å². The number of hydrogen-bond donors (Lipinski definition) is 2. The SMILES string of the molecule is CC(C)(C)c1nc2c(c(=O)[nH]1)CCC21CCN(C(=O)[C@H]2C[C@H]3CC[C@@H]2N3)CC1.Cl. The summed E-state index contributed by atoms with van der Waals surface area (Å²) in [6, 6.07) is 0.957. The van der Waals surface area contributed by atoms with E-state index in [9.17, 15) is 9.59 Å². The molecule has 29 heavy (non-hydrogen) atoms. The monoisotopic (exact) mass is 420 g/mol. The van der Waals surface area contributed by atoms with Gasteiger partial charge in [-0.25, -0.2) is 4.98 Å². The van der Waals surface area contributed by atoms with Crippen LogP contribution >= 0.6 is 12.4 Å². The maximum absolute atomic E-state index is 13.1. The highest BCUT2D eigenvalue weighted by Crippen LogP contribution is 2.45. The first-order valence-electron chi connectivity index (χ1n) is 11.0. The lowest BCUT2D eigenvalue weighted by molar-refractivity contribution is -0.137. The van der Waals surface area contributed by atoms with Gasteiger partial charge in [-0.2, -0.15) is 0 Å². The Morgan fingerprint density at radius 3 is 2.48 bits per heavy atom. The van der Waals surface area contributed by atoms with Crippen LogP contribution in [0.25, 0.3) is 0 Å². The quantitative estimate of drug-likeness (QED) is 0.731. The first-order chi connectivity index (χ1) is 13.3. The summed E-state index contributed by atoms with van der Waals surface area (Å²) in [5, 5.41) is 3.59. The zero-order valence-electron chi connectivity index (χ0n) is 17.7. The van der Waals surface area contributed by atoms with Crippen LogP contribution in [0.1, 0.15) is 76.4 Å². The minimum Gasteiger partial charge on any atom is -0.342 e. The fraction of sp³-hybridized carbons (Fsp3) is 0.773. The molecule has 5 rings (SSSR count). The van der Waals surface area contributed by atoms with E-state index in [0.29, 0.717) is 18.0 Å². The standard InChI is InChI=1S/C22H32N4O2.ClH/c1-21(2,3)20-24-17-14(18(27)25-20)6-7-22(17)8-10-26(11-9-22)19(28)15-12-13-4-5-16(15)23-13;/h13,15-16,23H,4-12H2,1-3H3,(H,24,25,27);1H/t13-,15+,16+;/m1./s1. The maximum Gasteiger partial charge on any atom is 0.254 e. The average Bonchev–Trinajstić information content (AvgIpc) is 3.37. The molecule has 160 valence electrons. The Bertz CT molecular complexity index is 867. The van der Waals surface area contributed by atoms with E-state index in [1.54, 1.807) is 0 Å². The van der Waals surface area contributed by atoms with Crippen LogP contribution in [0.2, 0.25) is 0 Å². The van der Waals surface area contributed by atoms with Gasteiger partial charge in [-0.05, 0) is 44.9 Å². The van der Waals surface area contributed by atoms with Gasteiger partial charge in [0.1, 0.15) is 5.82 Å². The Morgan fingerprint density at radius 1 is 1.17 bits per heavy atom. The fourth-order valence-corrected chi connectivity index (χ4v) is 5.98. The molecular formula is C22H33ClN4O2. The first-order valence-corrected chi connectivity index (χ1v) is 11.0. The number of rotatable bonds is 1. The van der Waals surface area contributed by atoms with Crippen molar-refractivity contribution < 1.29 is 4.79 Å². The number of aromatic amines is 1. The first kappa shape index (κ1) is 20.9. The molecular weight excluding hydrogens is 388 g/mol. The topological polar surface area (TPSA) is 78.1 Å². The van der Waals surface area contributed by atoms with Crippen molar-refractivity contribution in [2.45, 2.75) is 88.6 Å². The van der Waals surface area contributed by atoms with Gasteiger partial charge < -0.3 is 15.2 Å². The molecule has 2 bridgehead atoms. The highest BCUT2D eigenvalue weighted by Gasteiger charge is 2.48. The Morgan fingerprint density at radius 2 is 1.90 bits per heavy atom. The molecule has 3 aliphatic heterocycles. The van der Waals surface area contributed by atoms with E-state index in [0.717, 1.165) is 68.7 Å². The van der Waals surface area contributed by atoms with E-state index in [1.807, 2.05) is 0 Å². The molecule has 7 heteroatoms. The van der Waals surface area contributed by atoms with Gasteiger partial charge in [-0.3, -0.25) is 9.59 Å². The molecule has 0 aromatic carbocycles. The van der Waals surface area contributed by atoms with Crippen LogP contribution < -0.4 is 10.9 Å². The molecule has 3 saturated heterocycles. The summed E-state index contributed by atoms with van der Waals surface area (Å²) >= 11 is 0. The number of fused-ring (bicyclic) bond motifs is 4. The van der Waals surface area contributed by atoms with Gasteiger partial charge in [0.05, 0.1) is 11.6 Å². The minimum atomic E-state index is -0.177. The van der Waals surface area contributed by atoms with Crippen LogP contribution in [0, 0.1) is 5.92 Å². The predicted octanol–water partition coefficient (Wildman–Crippen LogP) is 2.44. The van der Waals surface area contributed by atoms with E-state index in [2.05, 4.69) is 36.0 Å². The third-order valence-electron chi connectivity index (χ3n) is 7.73. The Labute approximate surface area is 178 Å². The highest BCUT2D eigenvalue weighted by atomic mass is 35.5. The van der Waals surface area contributed by atoms with Crippen LogP contribution in [0.4, 0.5) is 0 Å². The summed E-state index contributed by atoms with van der Waals surface area (Å²) in [5.41, 5.74) is 1.75. The smallest absolute Gasteiger partial charge is 0.254 e. The van der Waals surface area contributed by atoms with Gasteiger partial charge in [0.2, 0.25) is 5.91 Å². The Kier molecular flexibility index (Phi) is 5.10. The number of carbonyl (C=O) groups is 1. The van der Waals surface area contributed by atoms with Crippen molar-refractivity contribution in [3.8, 4) is 0 Å². The summed E-state index contributed by atoms with van der Waals surface area (Å²) in [7, 11) is 0. The van der Waals surface area contributed by atoms with Gasteiger partial charge in [0, 0.05) is 41.6 Å². The van der Waals surface area contributed by atoms with Gasteiger partial charge in [-0.15, -0.1) is 12.4 Å². The summed E-state index contributed by atoms with van der Waals surface area (Å²) in [4.78, 5) is 35.8. The molecule has 0 unspecified atom stereocenters. The maximum atomic E-state index is 13.1. The van der Waals surface area contributed by atoms with Crippen LogP contribution in [-0.4, -0.2) is 45.9 Å². The molecule has 1 amide bonds. The number of piperidine rings is 1. The average molecular weight is 421 g/mol. The number of hydrogen-bond acceptors (Lipinski definition) is 4. The van der Waals surface area contributed by atoms with Crippen LogP contribution in [0.15, 0.2) is 4.79 Å². The molecule has 1 aliphatic carbocycles. The molecule has 1 spiro atoms. The zero-order valence-corrected chi connectivity index (χ0v) is 18.5. The van der Waals surface area contributed by atoms with E-state index >= 15 is 0 Å². The molecule has 1 aromatic rings. The molecule has 4 aliphatic rings. The van der Waals surface area contributed by atoms with Crippen LogP contribution in [-0.2, 0) is 22.0 Å². The summed E-state index contributed by atoms with van der Waals surface area (Å²) in [5.74, 6) is 1.31. The lowest BCUT2D eigenvalue weighted by Gasteiger charge is -2.41. The summed E-state index contributed by atoms with van der Waals surface area (Å²) < 4.78 is 0. The van der Waals surface area contributed by atoms with Crippen LogP contribution in [0.3, 0.4) is 0 Å². The van der Waals surface area contributed by atoms with Gasteiger partial charge >= 0.3 is 0 Å². The fourth-order valence-electron chi connectivity index (χ4n) is 5.98. The highest BCUT2D eigenvalue weighted by molar-refractivity contribution is 5.85. The Balaban J connectivity index is 0.00000205. The molecule has 0 radical (unpaired) electrons. The largest absolute Gasteiger partial charge is 0.342 e. The molecule has 6 nitrogen and oxygen atoms in total. The molecule has 3 atom stereocenters. The van der Waals surface area contributed by atoms with Gasteiger partial charge in [0.25, 0.3) is 5.56 Å². The van der Waals surface area contributed by atoms with E-state index in [1.165, 1.54) is 6.42 Å². The van der Waals surface area contributed by atoms with Crippen molar-refractivity contribution in [3.63, 3.8) is 0 Å². The number of likely N-dealkylation sites (tertiary alicyclic amines) is 1. The number of nitrogens with one attached hydrogen (secondary N) is 2. The third-order valence-corrected chi connectivity index (χ3v) is 7.73. The number of carbonyl (C=O) groups excluding carboxylic acids is 1. The zero-order chi connectivity index (χ0) is 19.7. The van der Waals surface area contributed by atoms with Crippen molar-refractivity contribution in [2.75, 3.05) is 13.1 Å². The molecule has 4 heterocycles. The van der Waals surface area contributed by atoms with Crippen LogP contribution in [0.5, 0.6) is 0 Å². The molecule has 0 saturated carbocycles. The second-order valence-corrected chi connectivity index (χ2v) is 10.5. The Hall–Kier alpha value is -1.40. The van der Waals surface area contributed by atoms with E-state index in [-0.39, 0.29) is 34.7 Å². The number of nitrogens with zero attached hydrogens (tertiary/aromatic N) is 2. The number of H-pyrrole nitrogens is 1. The third kappa shape index (κ3) is 3.32. The van der Waals surface area contributed by atoms with E-state index < -0.39 is 0 Å². The van der Waals surface area contributed by atoms with Crippen molar-refractivity contribution in [3.05, 3.63) is 27.4 Å². The normalized spacial score (nSPS) is 29.8. The van der Waals surface area contributed by atoms with Crippen molar-refractivity contribution >= 4 is 18.3 Å². The van der Waals surface area contributed by atoms with Crippen molar-refractivity contribution in [1.29, 1.82) is 0 Å². The molecule has 1 aromatic heterocycles. The number of aromatic nitrogens is 2. The lowest BCUT2D eigenvalue weighted by Crippen LogP contribution is -2.48. The summed E-state index contributed by atoms with van der Waals surface area (Å²) in [6.07, 6.45) is 7.05. The summed E-state index contributed by atoms with van der Waals surface area (Å²) in [6.45, 7) is 7.86. The number of halogens is 1. The van der Waals surface area contributed by atoms with Crippen molar-refractivity contribution in [2.24, 2.45) is 5.92 Å². The van der Waals surface area contributed by atoms with Crippen molar-refractivity contribution in [1.82, 2.24) is 20.2 Å². The second-order valence-electron chi connectivity index (χ2n) is 10.5. The predicted molar refractivity (Wildman–Crippen MR) is 115 cm³/mol. The minimum absolute atomic E-state index is 0.